The smallest absolute Gasteiger partial charge is 0.413 e. The van der Waals surface area contributed by atoms with Crippen LogP contribution in [-0.2, 0) is 15.0 Å². The Kier molecular flexibility index (Phi) is 6.74. The van der Waals surface area contributed by atoms with Crippen LogP contribution in [0.15, 0.2) is 48.5 Å². The Bertz CT molecular complexity index is 1390. The number of carboxylic acid groups (broad SMARTS) is 1. The number of likely N-dealkylation sites (N-methyl/N-ethyl adjacent to an activating group) is 2. The second-order valence-electron chi connectivity index (χ2n) is 12.4. The van der Waals surface area contributed by atoms with Gasteiger partial charge in [-0.1, -0.05) is 37.3 Å². The van der Waals surface area contributed by atoms with Crippen LogP contribution in [0.4, 0.5) is 10.5 Å². The molecule has 2 aromatic carbocycles. The first-order chi connectivity index (χ1) is 19.4. The van der Waals surface area contributed by atoms with Crippen molar-refractivity contribution in [2.45, 2.75) is 67.0 Å². The Hall–Kier alpha value is -3.28. The highest BCUT2D eigenvalue weighted by Gasteiger charge is 2.59. The lowest BCUT2D eigenvalue weighted by Gasteiger charge is -2.45. The van der Waals surface area contributed by atoms with E-state index >= 15 is 0 Å². The minimum atomic E-state index is -0.974. The predicted molar refractivity (Wildman–Crippen MR) is 157 cm³/mol. The summed E-state index contributed by atoms with van der Waals surface area (Å²) in [7, 11) is 4.23. The third kappa shape index (κ3) is 4.54. The van der Waals surface area contributed by atoms with Crippen LogP contribution < -0.4 is 20.3 Å². The highest BCUT2D eigenvalue weighted by molar-refractivity contribution is 8.01. The lowest BCUT2D eigenvalue weighted by molar-refractivity contribution is -0.146. The first kappa shape index (κ1) is 27.9. The van der Waals surface area contributed by atoms with Crippen LogP contribution in [0.1, 0.15) is 44.4 Å². The molecule has 218 valence electrons. The summed E-state index contributed by atoms with van der Waals surface area (Å²) < 4.78 is 5.26. The molecule has 3 saturated heterocycles. The van der Waals surface area contributed by atoms with Crippen molar-refractivity contribution in [3.63, 3.8) is 0 Å². The number of rotatable bonds is 6. The number of carboxylic acids is 1. The van der Waals surface area contributed by atoms with Crippen LogP contribution in [-0.4, -0.2) is 88.4 Å². The van der Waals surface area contributed by atoms with Crippen molar-refractivity contribution in [1.29, 1.82) is 0 Å². The largest absolute Gasteiger partial charge is 0.480 e. The van der Waals surface area contributed by atoms with E-state index in [1.807, 2.05) is 49.1 Å². The molecule has 2 aromatic rings. The summed E-state index contributed by atoms with van der Waals surface area (Å²) in [6, 6.07) is 13.0. The lowest BCUT2D eigenvalue weighted by atomic mass is 9.81. The van der Waals surface area contributed by atoms with Gasteiger partial charge in [-0.3, -0.25) is 19.4 Å². The number of thioether (sulfide) groups is 1. The van der Waals surface area contributed by atoms with E-state index in [1.165, 1.54) is 0 Å². The highest BCUT2D eigenvalue weighted by Crippen LogP contribution is 2.52. The second-order valence-corrected chi connectivity index (χ2v) is 14.1. The van der Waals surface area contributed by atoms with E-state index in [4.69, 9.17) is 4.74 Å². The van der Waals surface area contributed by atoms with Crippen molar-refractivity contribution in [3.8, 4) is 5.75 Å². The van der Waals surface area contributed by atoms with Crippen LogP contribution >= 0.6 is 11.8 Å². The van der Waals surface area contributed by atoms with E-state index in [0.29, 0.717) is 17.9 Å². The molecule has 10 nitrogen and oxygen atoms in total. The van der Waals surface area contributed by atoms with E-state index in [2.05, 4.69) is 41.5 Å². The SMILES string of the molecule is CN1CC[C@@]2(C)c3cc(OC(=O)NC(C(=O)NC4CN5C4SC(C)(C)C5C(=O)O)c4ccccc4)ccc3N(C)[C@@H]12. The zero-order valence-corrected chi connectivity index (χ0v) is 24.8. The molecule has 6 rings (SSSR count). The van der Waals surface area contributed by atoms with E-state index in [0.717, 1.165) is 24.2 Å². The highest BCUT2D eigenvalue weighted by atomic mass is 32.2. The van der Waals surface area contributed by atoms with Gasteiger partial charge >= 0.3 is 12.1 Å². The molecule has 4 heterocycles. The molecule has 41 heavy (non-hydrogen) atoms. The van der Waals surface area contributed by atoms with Crippen molar-refractivity contribution in [3.05, 3.63) is 59.7 Å². The third-order valence-electron chi connectivity index (χ3n) is 9.22. The number of nitrogens with one attached hydrogen (secondary N) is 2. The van der Waals surface area contributed by atoms with Gasteiger partial charge in [0.1, 0.15) is 17.8 Å². The van der Waals surface area contributed by atoms with Crippen molar-refractivity contribution >= 4 is 35.4 Å². The molecule has 6 atom stereocenters. The summed E-state index contributed by atoms with van der Waals surface area (Å²) in [6.45, 7) is 7.53. The Balaban J connectivity index is 1.16. The summed E-state index contributed by atoms with van der Waals surface area (Å²) in [5, 5.41) is 15.4. The number of benzene rings is 2. The van der Waals surface area contributed by atoms with Gasteiger partial charge in [0.25, 0.3) is 0 Å². The Morgan fingerprint density at radius 3 is 2.54 bits per heavy atom. The Labute approximate surface area is 244 Å². The van der Waals surface area contributed by atoms with Gasteiger partial charge in [0, 0.05) is 36.0 Å². The second kappa shape index (κ2) is 9.92. The molecule has 0 radical (unpaired) electrons. The normalized spacial score (nSPS) is 30.5. The quantitative estimate of drug-likeness (QED) is 0.475. The summed E-state index contributed by atoms with van der Waals surface area (Å²) in [4.78, 5) is 45.1. The molecule has 4 aliphatic rings. The Morgan fingerprint density at radius 2 is 1.83 bits per heavy atom. The molecule has 0 aliphatic carbocycles. The molecular weight excluding hydrogens is 542 g/mol. The van der Waals surface area contributed by atoms with Crippen molar-refractivity contribution in [2.24, 2.45) is 0 Å². The van der Waals surface area contributed by atoms with Crippen LogP contribution in [0.3, 0.4) is 0 Å². The number of nitrogens with zero attached hydrogens (tertiary/aromatic N) is 3. The topological polar surface area (TPSA) is 114 Å². The number of carbonyl (C=O) groups excluding carboxylic acids is 2. The van der Waals surface area contributed by atoms with Crippen molar-refractivity contribution in [2.75, 3.05) is 32.1 Å². The average Bonchev–Trinajstić information content (AvgIpc) is 3.43. The predicted octanol–water partition coefficient (Wildman–Crippen LogP) is 2.99. The maximum Gasteiger partial charge on any atom is 0.413 e. The van der Waals surface area contributed by atoms with Crippen LogP contribution in [0.5, 0.6) is 5.75 Å². The first-order valence-corrected chi connectivity index (χ1v) is 14.9. The lowest BCUT2D eigenvalue weighted by Crippen LogP contribution is -2.67. The van der Waals surface area contributed by atoms with Gasteiger partial charge in [-0.05, 0) is 56.6 Å². The van der Waals surface area contributed by atoms with E-state index < -0.39 is 28.9 Å². The van der Waals surface area contributed by atoms with Gasteiger partial charge in [-0.15, -0.1) is 11.8 Å². The van der Waals surface area contributed by atoms with Gasteiger partial charge in [-0.2, -0.15) is 0 Å². The minimum Gasteiger partial charge on any atom is -0.480 e. The fourth-order valence-corrected chi connectivity index (χ4v) is 8.98. The summed E-state index contributed by atoms with van der Waals surface area (Å²) in [5.41, 5.74) is 2.85. The molecule has 2 amide bonds. The number of hydrogen-bond acceptors (Lipinski definition) is 8. The standard InChI is InChI=1S/C30H37N5O5S/c1-29(2)23(26(37)38)35-16-20(25(35)41-29)31-24(36)22(17-9-7-6-8-10-17)32-28(39)40-18-11-12-21-19(15-18)30(3)13-14-33(4)27(30)34(21)5/h6-12,15,20,22-23,25,27H,13-14,16H2,1-5H3,(H,31,36)(H,32,39)(H,37,38)/t20?,22?,23?,25?,27-,30+/m1/s1. The number of aliphatic carboxylic acids is 1. The number of ether oxygens (including phenoxy) is 1. The number of anilines is 1. The molecule has 3 N–H and O–H groups in total. The summed E-state index contributed by atoms with van der Waals surface area (Å²) in [5.74, 6) is -0.795. The van der Waals surface area contributed by atoms with Gasteiger partial charge in [-0.25, -0.2) is 4.79 Å². The Morgan fingerprint density at radius 1 is 1.10 bits per heavy atom. The molecule has 4 aliphatic heterocycles. The fourth-order valence-electron chi connectivity index (χ4n) is 7.33. The van der Waals surface area contributed by atoms with Gasteiger partial charge in [0.15, 0.2) is 0 Å². The van der Waals surface area contributed by atoms with Crippen molar-refractivity contribution in [1.82, 2.24) is 20.4 Å². The average molecular weight is 580 g/mol. The molecule has 0 bridgehead atoms. The number of amides is 2. The van der Waals surface area contributed by atoms with Gasteiger partial charge in [0.05, 0.1) is 17.6 Å². The molecule has 4 unspecified atom stereocenters. The van der Waals surface area contributed by atoms with E-state index in [1.54, 1.807) is 30.0 Å². The number of hydrogen-bond donors (Lipinski definition) is 3. The maximum atomic E-state index is 13.6. The van der Waals surface area contributed by atoms with Crippen LogP contribution in [0, 0.1) is 0 Å². The fraction of sp³-hybridized carbons (Fsp3) is 0.500. The van der Waals surface area contributed by atoms with E-state index in [-0.39, 0.29) is 28.9 Å². The number of likely N-dealkylation sites (tertiary alicyclic amines) is 1. The molecule has 0 spiro atoms. The first-order valence-electron chi connectivity index (χ1n) is 14.0. The van der Waals surface area contributed by atoms with Crippen molar-refractivity contribution < 1.29 is 24.2 Å². The number of carbonyl (C=O) groups is 3. The molecule has 11 heteroatoms. The van der Waals surface area contributed by atoms with Crippen LogP contribution in [0.25, 0.3) is 0 Å². The monoisotopic (exact) mass is 579 g/mol. The number of fused-ring (bicyclic) bond motifs is 4. The molecule has 0 saturated carbocycles. The zero-order valence-electron chi connectivity index (χ0n) is 24.0. The summed E-state index contributed by atoms with van der Waals surface area (Å²) in [6.07, 6.45) is 0.548. The zero-order chi connectivity index (χ0) is 29.3. The van der Waals surface area contributed by atoms with Gasteiger partial charge in [0.2, 0.25) is 5.91 Å². The van der Waals surface area contributed by atoms with E-state index in [9.17, 15) is 19.5 Å². The van der Waals surface area contributed by atoms with Crippen LogP contribution in [0.2, 0.25) is 0 Å². The molecule has 3 fully saturated rings. The minimum absolute atomic E-state index is 0.0652. The maximum absolute atomic E-state index is 13.6. The molecular formula is C30H37N5O5S. The summed E-state index contributed by atoms with van der Waals surface area (Å²) >= 11 is 1.56. The molecule has 0 aromatic heterocycles. The third-order valence-corrected chi connectivity index (χ3v) is 10.9. The van der Waals surface area contributed by atoms with Gasteiger partial charge < -0.3 is 25.4 Å².